The van der Waals surface area contributed by atoms with Crippen LogP contribution in [0.15, 0.2) is 18.2 Å². The van der Waals surface area contributed by atoms with Crippen molar-refractivity contribution in [3.05, 3.63) is 29.6 Å². The summed E-state index contributed by atoms with van der Waals surface area (Å²) in [5, 5.41) is 11.4. The van der Waals surface area contributed by atoms with Crippen LogP contribution in [0.3, 0.4) is 0 Å². The van der Waals surface area contributed by atoms with E-state index in [0.29, 0.717) is 0 Å². The van der Waals surface area contributed by atoms with E-state index in [1.54, 1.807) is 33.8 Å². The number of hydrogen-bond donors (Lipinski definition) is 2. The predicted octanol–water partition coefficient (Wildman–Crippen LogP) is 2.78. The maximum absolute atomic E-state index is 14.0. The van der Waals surface area contributed by atoms with Crippen molar-refractivity contribution in [1.82, 2.24) is 5.32 Å². The minimum atomic E-state index is -0.633. The molecular weight excluding hydrogens is 277 g/mol. The number of rotatable bonds is 5. The minimum Gasteiger partial charge on any atom is -0.491 e. The first kappa shape index (κ1) is 17.2. The van der Waals surface area contributed by atoms with Gasteiger partial charge in [0.2, 0.25) is 0 Å². The van der Waals surface area contributed by atoms with Gasteiger partial charge in [-0.1, -0.05) is 6.07 Å². The molecule has 0 aliphatic rings. The van der Waals surface area contributed by atoms with Crippen LogP contribution in [0, 0.1) is 5.82 Å². The zero-order chi connectivity index (χ0) is 16.0. The van der Waals surface area contributed by atoms with Crippen molar-refractivity contribution < 1.29 is 23.8 Å². The zero-order valence-corrected chi connectivity index (χ0v) is 12.8. The first-order valence-electron chi connectivity index (χ1n) is 6.76. The summed E-state index contributed by atoms with van der Waals surface area (Å²) in [6, 6.07) is 3.75. The summed E-state index contributed by atoms with van der Waals surface area (Å²) < 4.78 is 24.4. The second-order valence-electron chi connectivity index (χ2n) is 5.59. The second-order valence-corrected chi connectivity index (χ2v) is 5.59. The monoisotopic (exact) mass is 299 g/mol. The lowest BCUT2D eigenvalue weighted by atomic mass is 10.1. The SMILES string of the molecule is CC(NC(=O)OC(C)(C)C)c1c(F)cccc1OCCO. The van der Waals surface area contributed by atoms with Gasteiger partial charge in [-0.15, -0.1) is 0 Å². The lowest BCUT2D eigenvalue weighted by molar-refractivity contribution is 0.0506. The molecule has 1 atom stereocenters. The Hall–Kier alpha value is -1.82. The largest absolute Gasteiger partial charge is 0.491 e. The molecule has 0 fully saturated rings. The minimum absolute atomic E-state index is 0.0512. The van der Waals surface area contributed by atoms with Gasteiger partial charge in [0.05, 0.1) is 18.2 Å². The van der Waals surface area contributed by atoms with Gasteiger partial charge in [0, 0.05) is 0 Å². The molecule has 5 nitrogen and oxygen atoms in total. The van der Waals surface area contributed by atoms with Crippen molar-refractivity contribution >= 4 is 6.09 Å². The third-order valence-corrected chi connectivity index (χ3v) is 2.53. The first-order chi connectivity index (χ1) is 9.74. The fourth-order valence-electron chi connectivity index (χ4n) is 1.78. The number of ether oxygens (including phenoxy) is 2. The molecule has 1 unspecified atom stereocenters. The molecule has 0 spiro atoms. The molecule has 0 saturated carbocycles. The van der Waals surface area contributed by atoms with Crippen LogP contribution < -0.4 is 10.1 Å². The maximum atomic E-state index is 14.0. The molecule has 6 heteroatoms. The fourth-order valence-corrected chi connectivity index (χ4v) is 1.78. The normalized spacial score (nSPS) is 12.7. The van der Waals surface area contributed by atoms with Crippen LogP contribution in [0.25, 0.3) is 0 Å². The lowest BCUT2D eigenvalue weighted by Gasteiger charge is -2.23. The average Bonchev–Trinajstić information content (AvgIpc) is 2.33. The van der Waals surface area contributed by atoms with Crippen LogP contribution >= 0.6 is 0 Å². The van der Waals surface area contributed by atoms with Gasteiger partial charge in [0.25, 0.3) is 0 Å². The molecular formula is C15H22FNO4. The van der Waals surface area contributed by atoms with Gasteiger partial charge in [-0.3, -0.25) is 0 Å². The van der Waals surface area contributed by atoms with Crippen molar-refractivity contribution in [3.8, 4) is 5.75 Å². The van der Waals surface area contributed by atoms with Crippen LogP contribution in [0.1, 0.15) is 39.3 Å². The smallest absolute Gasteiger partial charge is 0.408 e. The van der Waals surface area contributed by atoms with Gasteiger partial charge in [-0.05, 0) is 39.8 Å². The molecule has 0 aliphatic heterocycles. The molecule has 0 saturated heterocycles. The van der Waals surface area contributed by atoms with E-state index < -0.39 is 23.6 Å². The van der Waals surface area contributed by atoms with E-state index in [1.165, 1.54) is 12.1 Å². The number of aliphatic hydroxyl groups is 1. The molecule has 1 aromatic carbocycles. The number of carbonyl (C=O) groups is 1. The number of aliphatic hydroxyl groups excluding tert-OH is 1. The van der Waals surface area contributed by atoms with Crippen LogP contribution in [0.5, 0.6) is 5.75 Å². The van der Waals surface area contributed by atoms with E-state index in [0.717, 1.165) is 0 Å². The standard InChI is InChI=1S/C15H22FNO4/c1-10(17-14(19)21-15(2,3)4)13-11(16)6-5-7-12(13)20-9-8-18/h5-7,10,18H,8-9H2,1-4H3,(H,17,19). The van der Waals surface area contributed by atoms with Gasteiger partial charge in [0.15, 0.2) is 0 Å². The van der Waals surface area contributed by atoms with Crippen LogP contribution in [0.2, 0.25) is 0 Å². The lowest BCUT2D eigenvalue weighted by Crippen LogP contribution is -2.34. The highest BCUT2D eigenvalue weighted by molar-refractivity contribution is 5.68. The Balaban J connectivity index is 2.86. The Morgan fingerprint density at radius 1 is 1.43 bits per heavy atom. The Kier molecular flexibility index (Phi) is 5.96. The van der Waals surface area contributed by atoms with Crippen molar-refractivity contribution in [3.63, 3.8) is 0 Å². The van der Waals surface area contributed by atoms with E-state index in [2.05, 4.69) is 5.32 Å². The molecule has 2 N–H and O–H groups in total. The highest BCUT2D eigenvalue weighted by atomic mass is 19.1. The van der Waals surface area contributed by atoms with Crippen LogP contribution in [-0.4, -0.2) is 30.0 Å². The van der Waals surface area contributed by atoms with Crippen molar-refractivity contribution in [2.24, 2.45) is 0 Å². The number of amides is 1. The van der Waals surface area contributed by atoms with Gasteiger partial charge >= 0.3 is 6.09 Å². The quantitative estimate of drug-likeness (QED) is 0.877. The molecule has 1 amide bonds. The molecule has 118 valence electrons. The molecule has 0 bridgehead atoms. The molecule has 0 aliphatic carbocycles. The highest BCUT2D eigenvalue weighted by Crippen LogP contribution is 2.28. The summed E-state index contributed by atoms with van der Waals surface area (Å²) in [6.07, 6.45) is -0.633. The van der Waals surface area contributed by atoms with Crippen molar-refractivity contribution in [1.29, 1.82) is 0 Å². The van der Waals surface area contributed by atoms with Gasteiger partial charge < -0.3 is 19.9 Å². The van der Waals surface area contributed by atoms with E-state index in [1.807, 2.05) is 0 Å². The van der Waals surface area contributed by atoms with Crippen molar-refractivity contribution in [2.45, 2.75) is 39.3 Å². The molecule has 0 aromatic heterocycles. The molecule has 1 rings (SSSR count). The van der Waals surface area contributed by atoms with E-state index in [9.17, 15) is 9.18 Å². The predicted molar refractivity (Wildman–Crippen MR) is 76.8 cm³/mol. The summed E-state index contributed by atoms with van der Waals surface area (Å²) in [4.78, 5) is 11.7. The molecule has 21 heavy (non-hydrogen) atoms. The summed E-state index contributed by atoms with van der Waals surface area (Å²) in [7, 11) is 0. The summed E-state index contributed by atoms with van der Waals surface area (Å²) in [5.74, 6) is -0.207. The molecule has 0 radical (unpaired) electrons. The van der Waals surface area contributed by atoms with Crippen LogP contribution in [0.4, 0.5) is 9.18 Å². The van der Waals surface area contributed by atoms with Crippen molar-refractivity contribution in [2.75, 3.05) is 13.2 Å². The number of hydrogen-bond acceptors (Lipinski definition) is 4. The number of alkyl carbamates (subject to hydrolysis) is 1. The van der Waals surface area contributed by atoms with E-state index >= 15 is 0 Å². The third kappa shape index (κ3) is 5.59. The Morgan fingerprint density at radius 2 is 2.10 bits per heavy atom. The summed E-state index contributed by atoms with van der Waals surface area (Å²) in [6.45, 7) is 6.75. The number of halogens is 1. The van der Waals surface area contributed by atoms with Gasteiger partial charge in [-0.2, -0.15) is 0 Å². The topological polar surface area (TPSA) is 67.8 Å². The Labute approximate surface area is 124 Å². The van der Waals surface area contributed by atoms with Gasteiger partial charge in [0.1, 0.15) is 23.8 Å². The average molecular weight is 299 g/mol. The van der Waals surface area contributed by atoms with Gasteiger partial charge in [-0.25, -0.2) is 9.18 Å². The summed E-state index contributed by atoms with van der Waals surface area (Å²) >= 11 is 0. The Bertz CT molecular complexity index is 485. The van der Waals surface area contributed by atoms with E-state index in [4.69, 9.17) is 14.6 Å². The van der Waals surface area contributed by atoms with E-state index in [-0.39, 0.29) is 24.5 Å². The number of benzene rings is 1. The van der Waals surface area contributed by atoms with Crippen LogP contribution in [-0.2, 0) is 4.74 Å². The molecule has 1 aromatic rings. The maximum Gasteiger partial charge on any atom is 0.408 e. The zero-order valence-electron chi connectivity index (χ0n) is 12.8. The summed E-state index contributed by atoms with van der Waals surface area (Å²) in [5.41, 5.74) is -0.410. The molecule has 0 heterocycles. The first-order valence-corrected chi connectivity index (χ1v) is 6.76. The Morgan fingerprint density at radius 3 is 2.67 bits per heavy atom. The number of nitrogens with one attached hydrogen (secondary N) is 1. The number of carbonyl (C=O) groups excluding carboxylic acids is 1. The second kappa shape index (κ2) is 7.26. The highest BCUT2D eigenvalue weighted by Gasteiger charge is 2.22. The third-order valence-electron chi connectivity index (χ3n) is 2.53. The fraction of sp³-hybridized carbons (Fsp3) is 0.533.